The molecule has 0 aliphatic rings. The lowest BCUT2D eigenvalue weighted by Crippen LogP contribution is -2.39. The molecule has 0 aromatic carbocycles. The summed E-state index contributed by atoms with van der Waals surface area (Å²) < 4.78 is 1.54. The monoisotopic (exact) mass is 295 g/mol. The molecule has 0 spiro atoms. The average molecular weight is 295 g/mol. The van der Waals surface area contributed by atoms with Crippen molar-refractivity contribution < 1.29 is 15.3 Å². The fourth-order valence-corrected chi connectivity index (χ4v) is 2.07. The zero-order valence-electron chi connectivity index (χ0n) is 12.1. The van der Waals surface area contributed by atoms with Crippen LogP contribution in [0, 0.1) is 0 Å². The van der Waals surface area contributed by atoms with Crippen molar-refractivity contribution in [1.82, 2.24) is 14.6 Å². The van der Waals surface area contributed by atoms with Gasteiger partial charge in [-0.25, -0.2) is 4.98 Å². The summed E-state index contributed by atoms with van der Waals surface area (Å²) in [6.07, 6.45) is 0.628. The van der Waals surface area contributed by atoms with Gasteiger partial charge in [0.05, 0.1) is 31.6 Å². The van der Waals surface area contributed by atoms with Gasteiger partial charge in [-0.05, 0) is 5.92 Å². The van der Waals surface area contributed by atoms with Crippen molar-refractivity contribution in [2.75, 3.05) is 24.3 Å². The maximum Gasteiger partial charge on any atom is 0.163 e. The van der Waals surface area contributed by atoms with Gasteiger partial charge in [0.15, 0.2) is 5.65 Å². The van der Waals surface area contributed by atoms with Crippen molar-refractivity contribution in [3.05, 3.63) is 17.8 Å². The van der Waals surface area contributed by atoms with Crippen LogP contribution in [-0.2, 0) is 0 Å². The quantitative estimate of drug-likeness (QED) is 0.488. The predicted octanol–water partition coefficient (Wildman–Crippen LogP) is -0.439. The number of aromatic nitrogens is 3. The second-order valence-corrected chi connectivity index (χ2v) is 5.24. The summed E-state index contributed by atoms with van der Waals surface area (Å²) in [7, 11) is 0. The Hall–Kier alpha value is -1.90. The van der Waals surface area contributed by atoms with E-state index in [1.54, 1.807) is 12.3 Å². The predicted molar refractivity (Wildman–Crippen MR) is 79.1 cm³/mol. The highest BCUT2D eigenvalue weighted by molar-refractivity contribution is 5.59. The van der Waals surface area contributed by atoms with Gasteiger partial charge in [0.1, 0.15) is 11.6 Å². The molecule has 2 heterocycles. The topological polar surface area (TPSA) is 129 Å². The zero-order valence-corrected chi connectivity index (χ0v) is 12.1. The minimum atomic E-state index is -1.09. The molecule has 0 aliphatic heterocycles. The maximum atomic E-state index is 9.62. The van der Waals surface area contributed by atoms with Crippen molar-refractivity contribution in [3.8, 4) is 0 Å². The van der Waals surface area contributed by atoms with E-state index in [-0.39, 0.29) is 12.5 Å². The molecule has 21 heavy (non-hydrogen) atoms. The molecule has 2 aromatic rings. The summed E-state index contributed by atoms with van der Waals surface area (Å²) in [4.78, 5) is 4.43. The third-order valence-electron chi connectivity index (χ3n) is 3.33. The van der Waals surface area contributed by atoms with E-state index in [1.807, 2.05) is 13.8 Å². The smallest absolute Gasteiger partial charge is 0.163 e. The van der Waals surface area contributed by atoms with E-state index >= 15 is 0 Å². The van der Waals surface area contributed by atoms with Crippen molar-refractivity contribution in [2.45, 2.75) is 31.9 Å². The van der Waals surface area contributed by atoms with Gasteiger partial charge in [-0.15, -0.1) is 0 Å². The lowest BCUT2D eigenvalue weighted by Gasteiger charge is -2.21. The van der Waals surface area contributed by atoms with Crippen molar-refractivity contribution in [1.29, 1.82) is 0 Å². The Morgan fingerprint density at radius 2 is 2.05 bits per heavy atom. The van der Waals surface area contributed by atoms with Crippen LogP contribution in [0.3, 0.4) is 0 Å². The van der Waals surface area contributed by atoms with E-state index in [1.165, 1.54) is 4.52 Å². The van der Waals surface area contributed by atoms with E-state index in [0.29, 0.717) is 17.3 Å². The van der Waals surface area contributed by atoms with Crippen LogP contribution >= 0.6 is 0 Å². The van der Waals surface area contributed by atoms with Gasteiger partial charge in [0.25, 0.3) is 0 Å². The van der Waals surface area contributed by atoms with Crippen LogP contribution in [0.5, 0.6) is 0 Å². The van der Waals surface area contributed by atoms with E-state index in [0.717, 1.165) is 5.56 Å². The normalized spacial score (nSPS) is 14.6. The Labute approximate surface area is 122 Å². The Morgan fingerprint density at radius 1 is 1.33 bits per heavy atom. The third kappa shape index (κ3) is 3.07. The first-order valence-electron chi connectivity index (χ1n) is 6.78. The standard InChI is InChI=1S/C13H21N5O3/c1-7(2)8-4-15-18-11(14)3-12(17-13(8)18)16-9(5-19)10(21)6-20/h3-4,7,9-10,19-21H,5-6,14H2,1-2H3,(H,16,17)/t9-,10-/m0/s1. The number of fused-ring (bicyclic) bond motifs is 1. The molecule has 116 valence electrons. The van der Waals surface area contributed by atoms with Gasteiger partial charge in [0, 0.05) is 11.6 Å². The minimum Gasteiger partial charge on any atom is -0.394 e. The Kier molecular flexibility index (Phi) is 4.61. The summed E-state index contributed by atoms with van der Waals surface area (Å²) in [6.45, 7) is 3.26. The number of rotatable bonds is 6. The third-order valence-corrected chi connectivity index (χ3v) is 3.33. The van der Waals surface area contributed by atoms with Crippen LogP contribution < -0.4 is 11.1 Å². The molecule has 2 rings (SSSR count). The largest absolute Gasteiger partial charge is 0.394 e. The number of nitrogens with zero attached hydrogens (tertiary/aromatic N) is 3. The second-order valence-electron chi connectivity index (χ2n) is 5.24. The van der Waals surface area contributed by atoms with Crippen molar-refractivity contribution >= 4 is 17.3 Å². The number of nitrogens with one attached hydrogen (secondary N) is 1. The molecule has 0 fully saturated rings. The summed E-state index contributed by atoms with van der Waals surface area (Å²) in [6, 6.07) is 0.839. The molecule has 6 N–H and O–H groups in total. The van der Waals surface area contributed by atoms with Gasteiger partial charge in [-0.3, -0.25) is 0 Å². The molecule has 0 amide bonds. The zero-order chi connectivity index (χ0) is 15.6. The number of nitrogen functional groups attached to an aromatic ring is 1. The lowest BCUT2D eigenvalue weighted by atomic mass is 10.1. The summed E-state index contributed by atoms with van der Waals surface area (Å²) in [5.41, 5.74) is 7.52. The fraction of sp³-hybridized carbons (Fsp3) is 0.538. The van der Waals surface area contributed by atoms with E-state index < -0.39 is 18.8 Å². The van der Waals surface area contributed by atoms with E-state index in [2.05, 4.69) is 15.4 Å². The fourth-order valence-electron chi connectivity index (χ4n) is 2.07. The number of nitrogens with two attached hydrogens (primary N) is 1. The van der Waals surface area contributed by atoms with Crippen molar-refractivity contribution in [2.24, 2.45) is 0 Å². The molecule has 8 heteroatoms. The summed E-state index contributed by atoms with van der Waals surface area (Å²) in [5.74, 6) is 1.04. The summed E-state index contributed by atoms with van der Waals surface area (Å²) >= 11 is 0. The highest BCUT2D eigenvalue weighted by Gasteiger charge is 2.19. The second kappa shape index (κ2) is 6.25. The maximum absolute atomic E-state index is 9.62. The number of anilines is 2. The van der Waals surface area contributed by atoms with Crippen LogP contribution in [0.15, 0.2) is 12.3 Å². The molecule has 0 radical (unpaired) electrons. The Morgan fingerprint density at radius 3 is 2.62 bits per heavy atom. The molecule has 0 unspecified atom stereocenters. The number of hydrogen-bond acceptors (Lipinski definition) is 7. The van der Waals surface area contributed by atoms with Crippen molar-refractivity contribution in [3.63, 3.8) is 0 Å². The van der Waals surface area contributed by atoms with Gasteiger partial charge in [-0.2, -0.15) is 9.61 Å². The molecule has 2 atom stereocenters. The summed E-state index contributed by atoms with van der Waals surface area (Å²) in [5, 5.41) is 34.9. The Bertz CT molecular complexity index is 613. The molecule has 2 aromatic heterocycles. The molecule has 0 saturated heterocycles. The van der Waals surface area contributed by atoms with E-state index in [4.69, 9.17) is 10.8 Å². The van der Waals surface area contributed by atoms with Crippen LogP contribution in [0.25, 0.3) is 5.65 Å². The molecular formula is C13H21N5O3. The number of aliphatic hydroxyl groups excluding tert-OH is 3. The lowest BCUT2D eigenvalue weighted by molar-refractivity contribution is 0.0612. The highest BCUT2D eigenvalue weighted by Crippen LogP contribution is 2.23. The SMILES string of the molecule is CC(C)c1cnn2c(N)cc(N[C@@H](CO)[C@@H](O)CO)nc12. The number of hydrogen-bond donors (Lipinski definition) is 5. The van der Waals surface area contributed by atoms with E-state index in [9.17, 15) is 10.2 Å². The minimum absolute atomic E-state index is 0.237. The molecule has 0 aliphatic carbocycles. The number of aliphatic hydroxyl groups is 3. The first-order valence-corrected chi connectivity index (χ1v) is 6.78. The molecule has 0 bridgehead atoms. The van der Waals surface area contributed by atoms with Gasteiger partial charge < -0.3 is 26.4 Å². The van der Waals surface area contributed by atoms with Gasteiger partial charge in [0.2, 0.25) is 0 Å². The first-order chi connectivity index (χ1) is 9.97. The molecule has 0 saturated carbocycles. The van der Waals surface area contributed by atoms with Crippen LogP contribution in [0.2, 0.25) is 0 Å². The Balaban J connectivity index is 2.38. The van der Waals surface area contributed by atoms with Gasteiger partial charge >= 0.3 is 0 Å². The molecular weight excluding hydrogens is 274 g/mol. The van der Waals surface area contributed by atoms with Crippen LogP contribution in [-0.4, -0.2) is 55.3 Å². The van der Waals surface area contributed by atoms with Crippen LogP contribution in [0.4, 0.5) is 11.6 Å². The molecule has 8 nitrogen and oxygen atoms in total. The van der Waals surface area contributed by atoms with Crippen LogP contribution in [0.1, 0.15) is 25.3 Å². The van der Waals surface area contributed by atoms with Gasteiger partial charge in [-0.1, -0.05) is 13.8 Å². The highest BCUT2D eigenvalue weighted by atomic mass is 16.3. The first kappa shape index (κ1) is 15.5. The average Bonchev–Trinajstić information content (AvgIpc) is 2.88.